The normalized spacial score (nSPS) is 12.5. The van der Waals surface area contributed by atoms with Gasteiger partial charge in [0.25, 0.3) is 0 Å². The fraction of sp³-hybridized carbons (Fsp3) is 0.333. The van der Waals surface area contributed by atoms with Crippen LogP contribution in [-0.4, -0.2) is 13.7 Å². The maximum absolute atomic E-state index is 6.00. The molecule has 0 radical (unpaired) electrons. The molecule has 2 nitrogen and oxygen atoms in total. The third-order valence-electron chi connectivity index (χ3n) is 1.52. The van der Waals surface area contributed by atoms with Gasteiger partial charge in [0.15, 0.2) is 7.50 Å². The fourth-order valence-corrected chi connectivity index (χ4v) is 2.28. The Morgan fingerprint density at radius 1 is 1.31 bits per heavy atom. The lowest BCUT2D eigenvalue weighted by atomic mass is 10.3. The molecule has 0 saturated carbocycles. The Bertz CT molecular complexity index is 250. The van der Waals surface area contributed by atoms with Gasteiger partial charge in [0.2, 0.25) is 0 Å². The quantitative estimate of drug-likeness (QED) is 0.724. The van der Waals surface area contributed by atoms with E-state index in [4.69, 9.17) is 20.5 Å². The summed E-state index contributed by atoms with van der Waals surface area (Å²) in [4.78, 5) is 0. The molecule has 1 rings (SSSR count). The van der Waals surface area contributed by atoms with E-state index in [0.717, 1.165) is 11.1 Å². The molecule has 0 saturated heterocycles. The molecule has 4 heteroatoms. The van der Waals surface area contributed by atoms with Crippen LogP contribution >= 0.6 is 18.7 Å². The summed E-state index contributed by atoms with van der Waals surface area (Å²) in [5.74, 6) is 0.834. The molecule has 0 aliphatic rings. The van der Waals surface area contributed by atoms with Crippen LogP contribution in [0.1, 0.15) is 6.92 Å². The molecular formula is C9H12ClO2P. The van der Waals surface area contributed by atoms with Gasteiger partial charge in [-0.3, -0.25) is 0 Å². The van der Waals surface area contributed by atoms with Gasteiger partial charge in [0, 0.05) is 11.9 Å². The van der Waals surface area contributed by atoms with E-state index in [2.05, 4.69) is 0 Å². The lowest BCUT2D eigenvalue weighted by molar-refractivity contribution is 0.390. The van der Waals surface area contributed by atoms with Gasteiger partial charge in [-0.1, -0.05) is 11.2 Å². The van der Waals surface area contributed by atoms with Crippen LogP contribution in [0, 0.1) is 0 Å². The van der Waals surface area contributed by atoms with Gasteiger partial charge in [-0.05, 0) is 31.2 Å². The second kappa shape index (κ2) is 5.43. The van der Waals surface area contributed by atoms with Crippen LogP contribution in [0.3, 0.4) is 0 Å². The molecule has 0 N–H and O–H groups in total. The van der Waals surface area contributed by atoms with E-state index < -0.39 is 7.50 Å². The molecule has 0 aliphatic carbocycles. The zero-order valence-electron chi connectivity index (χ0n) is 7.66. The smallest absolute Gasteiger partial charge is 0.157 e. The minimum atomic E-state index is -0.976. The number of hydrogen-bond acceptors (Lipinski definition) is 2. The van der Waals surface area contributed by atoms with E-state index in [9.17, 15) is 0 Å². The van der Waals surface area contributed by atoms with Gasteiger partial charge in [-0.15, -0.1) is 0 Å². The van der Waals surface area contributed by atoms with Gasteiger partial charge in [0.05, 0.1) is 7.11 Å². The molecule has 1 aromatic rings. The molecule has 0 spiro atoms. The molecule has 72 valence electrons. The highest BCUT2D eigenvalue weighted by Crippen LogP contribution is 2.41. The minimum Gasteiger partial charge on any atom is -0.497 e. The molecular weight excluding hydrogens is 207 g/mol. The van der Waals surface area contributed by atoms with Crippen LogP contribution in [0.4, 0.5) is 0 Å². The maximum Gasteiger partial charge on any atom is 0.157 e. The molecule has 1 aromatic carbocycles. The lowest BCUT2D eigenvalue weighted by Gasteiger charge is -2.08. The predicted molar refractivity (Wildman–Crippen MR) is 57.0 cm³/mol. The van der Waals surface area contributed by atoms with Crippen LogP contribution in [0.2, 0.25) is 0 Å². The standard InChI is InChI=1S/C9H12ClO2P/c1-3-12-13(10)9-6-4-8(11-2)5-7-9/h4-7H,3H2,1-2H3. The van der Waals surface area contributed by atoms with E-state index in [-0.39, 0.29) is 0 Å². The SMILES string of the molecule is CCOP(Cl)c1ccc(OC)cc1. The number of methoxy groups -OCH3 is 1. The molecule has 1 atom stereocenters. The van der Waals surface area contributed by atoms with Crippen molar-refractivity contribution in [2.75, 3.05) is 13.7 Å². The Hall–Kier alpha value is -0.300. The summed E-state index contributed by atoms with van der Waals surface area (Å²) in [6.07, 6.45) is 0. The van der Waals surface area contributed by atoms with Crippen molar-refractivity contribution in [3.05, 3.63) is 24.3 Å². The van der Waals surface area contributed by atoms with Crippen LogP contribution in [0.25, 0.3) is 0 Å². The van der Waals surface area contributed by atoms with Gasteiger partial charge in [-0.2, -0.15) is 0 Å². The van der Waals surface area contributed by atoms with Crippen molar-refractivity contribution < 1.29 is 9.26 Å². The molecule has 0 fully saturated rings. The van der Waals surface area contributed by atoms with Crippen LogP contribution in [0.5, 0.6) is 5.75 Å². The minimum absolute atomic E-state index is 0.640. The monoisotopic (exact) mass is 218 g/mol. The Morgan fingerprint density at radius 2 is 1.92 bits per heavy atom. The van der Waals surface area contributed by atoms with Crippen LogP contribution in [-0.2, 0) is 4.52 Å². The molecule has 0 bridgehead atoms. The summed E-state index contributed by atoms with van der Waals surface area (Å²) >= 11 is 6.00. The summed E-state index contributed by atoms with van der Waals surface area (Å²) in [7, 11) is 0.663. The Balaban J connectivity index is 2.67. The number of ether oxygens (including phenoxy) is 1. The molecule has 1 unspecified atom stereocenters. The average molecular weight is 219 g/mol. The summed E-state index contributed by atoms with van der Waals surface area (Å²) in [6.45, 7) is 2.57. The molecule has 0 heterocycles. The second-order valence-electron chi connectivity index (χ2n) is 2.36. The van der Waals surface area contributed by atoms with Gasteiger partial charge >= 0.3 is 0 Å². The van der Waals surface area contributed by atoms with Crippen LogP contribution < -0.4 is 10.0 Å². The van der Waals surface area contributed by atoms with E-state index in [1.54, 1.807) is 7.11 Å². The van der Waals surface area contributed by atoms with Crippen LogP contribution in [0.15, 0.2) is 24.3 Å². The number of hydrogen-bond donors (Lipinski definition) is 0. The topological polar surface area (TPSA) is 18.5 Å². The van der Waals surface area contributed by atoms with Crippen molar-refractivity contribution in [3.8, 4) is 5.75 Å². The lowest BCUT2D eigenvalue weighted by Crippen LogP contribution is -1.99. The van der Waals surface area contributed by atoms with Crippen molar-refractivity contribution in [1.29, 1.82) is 0 Å². The van der Waals surface area contributed by atoms with E-state index in [1.807, 2.05) is 31.2 Å². The highest BCUT2D eigenvalue weighted by Gasteiger charge is 2.06. The van der Waals surface area contributed by atoms with Crippen molar-refractivity contribution in [3.63, 3.8) is 0 Å². The summed E-state index contributed by atoms with van der Waals surface area (Å²) in [5, 5.41) is 1.01. The zero-order chi connectivity index (χ0) is 9.68. The van der Waals surface area contributed by atoms with Crippen molar-refractivity contribution in [1.82, 2.24) is 0 Å². The third kappa shape index (κ3) is 3.15. The number of rotatable bonds is 4. The van der Waals surface area contributed by atoms with Crippen molar-refractivity contribution in [2.45, 2.75) is 6.92 Å². The maximum atomic E-state index is 6.00. The molecule has 0 aromatic heterocycles. The largest absolute Gasteiger partial charge is 0.497 e. The Kier molecular flexibility index (Phi) is 4.51. The predicted octanol–water partition coefficient (Wildman–Crippen LogP) is 2.91. The van der Waals surface area contributed by atoms with Gasteiger partial charge in [-0.25, -0.2) is 0 Å². The third-order valence-corrected chi connectivity index (χ3v) is 3.59. The fourth-order valence-electron chi connectivity index (χ4n) is 0.887. The first kappa shape index (κ1) is 10.8. The first-order valence-electron chi connectivity index (χ1n) is 4.00. The van der Waals surface area contributed by atoms with E-state index in [0.29, 0.717) is 6.61 Å². The van der Waals surface area contributed by atoms with E-state index in [1.165, 1.54) is 0 Å². The number of halogens is 1. The second-order valence-corrected chi connectivity index (χ2v) is 4.55. The Morgan fingerprint density at radius 3 is 2.38 bits per heavy atom. The summed E-state index contributed by atoms with van der Waals surface area (Å²) < 4.78 is 10.3. The first-order valence-corrected chi connectivity index (χ1v) is 6.17. The Labute approximate surface area is 84.4 Å². The van der Waals surface area contributed by atoms with Crippen molar-refractivity contribution >= 4 is 24.0 Å². The van der Waals surface area contributed by atoms with Gasteiger partial charge < -0.3 is 9.26 Å². The first-order chi connectivity index (χ1) is 6.27. The van der Waals surface area contributed by atoms with Crippen molar-refractivity contribution in [2.24, 2.45) is 0 Å². The number of benzene rings is 1. The zero-order valence-corrected chi connectivity index (χ0v) is 9.31. The highest BCUT2D eigenvalue weighted by atomic mass is 35.7. The molecule has 0 aliphatic heterocycles. The highest BCUT2D eigenvalue weighted by molar-refractivity contribution is 7.86. The average Bonchev–Trinajstić information content (AvgIpc) is 2.18. The van der Waals surface area contributed by atoms with Gasteiger partial charge in [0.1, 0.15) is 5.75 Å². The summed E-state index contributed by atoms with van der Waals surface area (Å²) in [6, 6.07) is 7.61. The summed E-state index contributed by atoms with van der Waals surface area (Å²) in [5.41, 5.74) is 0. The van der Waals surface area contributed by atoms with E-state index >= 15 is 0 Å². The molecule has 13 heavy (non-hydrogen) atoms. The molecule has 0 amide bonds.